The molecule has 0 bridgehead atoms. The summed E-state index contributed by atoms with van der Waals surface area (Å²) in [6.07, 6.45) is 4.86. The number of halogens is 2. The number of rotatable bonds is 1. The van der Waals surface area contributed by atoms with Crippen LogP contribution in [0.15, 0.2) is 35.3 Å². The van der Waals surface area contributed by atoms with Crippen molar-refractivity contribution in [2.75, 3.05) is 0 Å². The molecule has 0 radical (unpaired) electrons. The molecule has 70 valence electrons. The monoisotopic (exact) mass is 269 g/mol. The largest absolute Gasteiger partial charge is 0.260 e. The Kier molecular flexibility index (Phi) is 2.74. The molecule has 0 N–H and O–H groups in total. The van der Waals surface area contributed by atoms with E-state index in [1.165, 1.54) is 0 Å². The van der Waals surface area contributed by atoms with E-state index >= 15 is 0 Å². The molecule has 2 heterocycles. The summed E-state index contributed by atoms with van der Waals surface area (Å²) in [6.45, 7) is 0. The zero-order valence-electron chi connectivity index (χ0n) is 6.98. The van der Waals surface area contributed by atoms with E-state index in [1.807, 2.05) is 0 Å². The highest BCUT2D eigenvalue weighted by molar-refractivity contribution is 9.10. The molecule has 2 aromatic heterocycles. The lowest BCUT2D eigenvalue weighted by Crippen LogP contribution is -1.88. The topological polar surface area (TPSA) is 38.7 Å². The summed E-state index contributed by atoms with van der Waals surface area (Å²) in [5, 5.41) is 0.608. The molecule has 0 saturated carbocycles. The van der Waals surface area contributed by atoms with Gasteiger partial charge in [0.15, 0.2) is 0 Å². The van der Waals surface area contributed by atoms with E-state index in [1.54, 1.807) is 30.7 Å². The summed E-state index contributed by atoms with van der Waals surface area (Å²) in [4.78, 5) is 12.4. The van der Waals surface area contributed by atoms with Crippen LogP contribution in [0.25, 0.3) is 11.4 Å². The number of hydrogen-bond acceptors (Lipinski definition) is 3. The maximum Gasteiger partial charge on any atom is 0.125 e. The lowest BCUT2D eigenvalue weighted by Gasteiger charge is -1.99. The van der Waals surface area contributed by atoms with Crippen molar-refractivity contribution in [3.8, 4) is 11.4 Å². The zero-order chi connectivity index (χ0) is 9.97. The Morgan fingerprint density at radius 1 is 1.07 bits per heavy atom. The van der Waals surface area contributed by atoms with Gasteiger partial charge in [-0.1, -0.05) is 11.6 Å². The Labute approximate surface area is 94.3 Å². The van der Waals surface area contributed by atoms with Crippen molar-refractivity contribution in [1.82, 2.24) is 15.0 Å². The summed E-state index contributed by atoms with van der Waals surface area (Å²) in [5.41, 5.74) is 1.47. The van der Waals surface area contributed by atoms with Crippen molar-refractivity contribution in [2.45, 2.75) is 0 Å². The quantitative estimate of drug-likeness (QED) is 0.800. The predicted molar refractivity (Wildman–Crippen MR) is 58.0 cm³/mol. The van der Waals surface area contributed by atoms with Gasteiger partial charge < -0.3 is 0 Å². The molecule has 0 spiro atoms. The van der Waals surface area contributed by atoms with Crippen molar-refractivity contribution < 1.29 is 0 Å². The van der Waals surface area contributed by atoms with Gasteiger partial charge in [0.1, 0.15) is 10.3 Å². The van der Waals surface area contributed by atoms with E-state index in [0.717, 1.165) is 11.4 Å². The fourth-order valence-corrected chi connectivity index (χ4v) is 1.41. The van der Waals surface area contributed by atoms with Gasteiger partial charge in [-0.15, -0.1) is 0 Å². The summed E-state index contributed by atoms with van der Waals surface area (Å²) in [7, 11) is 0. The van der Waals surface area contributed by atoms with Gasteiger partial charge in [-0.3, -0.25) is 9.97 Å². The van der Waals surface area contributed by atoms with Gasteiger partial charge in [0.2, 0.25) is 0 Å². The van der Waals surface area contributed by atoms with E-state index in [4.69, 9.17) is 11.6 Å². The highest BCUT2D eigenvalue weighted by atomic mass is 79.9. The maximum absolute atomic E-state index is 5.72. The average molecular weight is 271 g/mol. The molecule has 14 heavy (non-hydrogen) atoms. The van der Waals surface area contributed by atoms with Crippen LogP contribution in [0.3, 0.4) is 0 Å². The first-order chi connectivity index (χ1) is 6.75. The molecule has 0 amide bonds. The van der Waals surface area contributed by atoms with Crippen LogP contribution < -0.4 is 0 Å². The fourth-order valence-electron chi connectivity index (χ4n) is 0.993. The summed E-state index contributed by atoms with van der Waals surface area (Å²) >= 11 is 8.97. The molecular weight excluding hydrogens is 265 g/mol. The molecule has 0 saturated heterocycles. The van der Waals surface area contributed by atoms with Crippen LogP contribution in [0.4, 0.5) is 0 Å². The first kappa shape index (κ1) is 9.55. The SMILES string of the molecule is Clc1ccc(-c2cncc(Br)n2)nc1. The summed E-state index contributed by atoms with van der Waals surface area (Å²) < 4.78 is 0.687. The minimum atomic E-state index is 0.608. The lowest BCUT2D eigenvalue weighted by molar-refractivity contribution is 1.15. The number of nitrogens with zero attached hydrogens (tertiary/aromatic N) is 3. The highest BCUT2D eigenvalue weighted by Crippen LogP contribution is 2.17. The third kappa shape index (κ3) is 2.08. The zero-order valence-corrected chi connectivity index (χ0v) is 9.33. The molecule has 2 aromatic rings. The van der Waals surface area contributed by atoms with Gasteiger partial charge >= 0.3 is 0 Å². The molecule has 0 aromatic carbocycles. The average Bonchev–Trinajstić information content (AvgIpc) is 2.19. The second-order valence-electron chi connectivity index (χ2n) is 2.59. The Morgan fingerprint density at radius 2 is 1.93 bits per heavy atom. The van der Waals surface area contributed by atoms with Crippen LogP contribution >= 0.6 is 27.5 Å². The van der Waals surface area contributed by atoms with Gasteiger partial charge in [0, 0.05) is 6.20 Å². The molecule has 3 nitrogen and oxygen atoms in total. The predicted octanol–water partition coefficient (Wildman–Crippen LogP) is 2.95. The molecule has 0 aliphatic rings. The molecule has 2 rings (SSSR count). The number of hydrogen-bond donors (Lipinski definition) is 0. The van der Waals surface area contributed by atoms with Crippen LogP contribution in [-0.4, -0.2) is 15.0 Å². The third-order valence-corrected chi connectivity index (χ3v) is 2.20. The van der Waals surface area contributed by atoms with Crippen LogP contribution in [0, 0.1) is 0 Å². The number of aromatic nitrogens is 3. The second kappa shape index (κ2) is 4.02. The molecule has 0 aliphatic heterocycles. The van der Waals surface area contributed by atoms with Gasteiger partial charge in [-0.05, 0) is 28.1 Å². The van der Waals surface area contributed by atoms with Crippen LogP contribution in [0.2, 0.25) is 5.02 Å². The minimum Gasteiger partial charge on any atom is -0.260 e. The Hall–Kier alpha value is -1.00. The Bertz CT molecular complexity index is 444. The number of pyridine rings is 1. The highest BCUT2D eigenvalue weighted by Gasteiger charge is 2.01. The Balaban J connectivity index is 2.44. The maximum atomic E-state index is 5.72. The van der Waals surface area contributed by atoms with Crippen molar-refractivity contribution in [2.24, 2.45) is 0 Å². The molecular formula is C9H5BrClN3. The standard InChI is InChI=1S/C9H5BrClN3/c10-9-5-12-4-8(14-9)7-2-1-6(11)3-13-7/h1-5H. The van der Waals surface area contributed by atoms with Gasteiger partial charge in [0.25, 0.3) is 0 Å². The van der Waals surface area contributed by atoms with E-state index in [9.17, 15) is 0 Å². The Morgan fingerprint density at radius 3 is 2.57 bits per heavy atom. The molecule has 0 unspecified atom stereocenters. The minimum absolute atomic E-state index is 0.608. The van der Waals surface area contributed by atoms with E-state index in [-0.39, 0.29) is 0 Å². The van der Waals surface area contributed by atoms with Gasteiger partial charge in [0.05, 0.1) is 23.1 Å². The van der Waals surface area contributed by atoms with Gasteiger partial charge in [-0.25, -0.2) is 4.98 Å². The first-order valence-corrected chi connectivity index (χ1v) is 5.02. The third-order valence-electron chi connectivity index (χ3n) is 1.59. The van der Waals surface area contributed by atoms with Crippen molar-refractivity contribution in [3.63, 3.8) is 0 Å². The normalized spacial score (nSPS) is 10.1. The molecule has 0 fully saturated rings. The van der Waals surface area contributed by atoms with Gasteiger partial charge in [-0.2, -0.15) is 0 Å². The molecule has 0 aliphatic carbocycles. The van der Waals surface area contributed by atoms with Crippen LogP contribution in [0.1, 0.15) is 0 Å². The smallest absolute Gasteiger partial charge is 0.125 e. The van der Waals surface area contributed by atoms with Crippen molar-refractivity contribution in [3.05, 3.63) is 40.3 Å². The van der Waals surface area contributed by atoms with E-state index in [2.05, 4.69) is 30.9 Å². The van der Waals surface area contributed by atoms with Crippen molar-refractivity contribution in [1.29, 1.82) is 0 Å². The second-order valence-corrected chi connectivity index (χ2v) is 3.84. The molecule has 0 atom stereocenters. The summed E-state index contributed by atoms with van der Waals surface area (Å²) in [6, 6.07) is 3.57. The van der Waals surface area contributed by atoms with E-state index in [0.29, 0.717) is 9.63 Å². The van der Waals surface area contributed by atoms with Crippen molar-refractivity contribution >= 4 is 27.5 Å². The molecule has 5 heteroatoms. The van der Waals surface area contributed by atoms with Crippen LogP contribution in [0.5, 0.6) is 0 Å². The summed E-state index contributed by atoms with van der Waals surface area (Å²) in [5.74, 6) is 0. The fraction of sp³-hybridized carbons (Fsp3) is 0. The lowest BCUT2D eigenvalue weighted by atomic mass is 10.3. The van der Waals surface area contributed by atoms with Crippen LogP contribution in [-0.2, 0) is 0 Å². The van der Waals surface area contributed by atoms with E-state index < -0.39 is 0 Å². The first-order valence-electron chi connectivity index (χ1n) is 3.85.